The third-order valence-electron chi connectivity index (χ3n) is 3.32. The zero-order chi connectivity index (χ0) is 12.4. The van der Waals surface area contributed by atoms with Crippen molar-refractivity contribution in [1.82, 2.24) is 5.32 Å². The number of amides is 1. The van der Waals surface area contributed by atoms with Crippen LogP contribution in [-0.2, 0) is 4.79 Å². The fourth-order valence-electron chi connectivity index (χ4n) is 1.85. The molecular formula is C13H18ClFN2O. The highest BCUT2D eigenvalue weighted by molar-refractivity contribution is 5.92. The van der Waals surface area contributed by atoms with Crippen molar-refractivity contribution in [3.8, 4) is 0 Å². The number of hydrogen-bond donors (Lipinski definition) is 2. The summed E-state index contributed by atoms with van der Waals surface area (Å²) in [6.07, 6.45) is 0. The predicted octanol–water partition coefficient (Wildman–Crippen LogP) is 2.35. The predicted molar refractivity (Wildman–Crippen MR) is 72.5 cm³/mol. The molecule has 1 fully saturated rings. The van der Waals surface area contributed by atoms with Gasteiger partial charge in [0.2, 0.25) is 5.91 Å². The molecule has 0 spiro atoms. The number of hydrogen-bond acceptors (Lipinski definition) is 2. The van der Waals surface area contributed by atoms with Gasteiger partial charge < -0.3 is 10.6 Å². The second-order valence-electron chi connectivity index (χ2n) is 4.68. The van der Waals surface area contributed by atoms with Crippen molar-refractivity contribution in [2.24, 2.45) is 11.8 Å². The zero-order valence-corrected chi connectivity index (χ0v) is 11.3. The van der Waals surface area contributed by atoms with Crippen molar-refractivity contribution in [2.75, 3.05) is 18.4 Å². The molecule has 0 radical (unpaired) electrons. The summed E-state index contributed by atoms with van der Waals surface area (Å²) >= 11 is 0. The average molecular weight is 273 g/mol. The number of carbonyl (C=O) groups excluding carboxylic acids is 1. The molecule has 1 atom stereocenters. The van der Waals surface area contributed by atoms with Gasteiger partial charge in [0.05, 0.1) is 5.69 Å². The van der Waals surface area contributed by atoms with Crippen LogP contribution in [0.15, 0.2) is 18.2 Å². The van der Waals surface area contributed by atoms with Crippen LogP contribution in [0.1, 0.15) is 12.5 Å². The maximum Gasteiger partial charge on any atom is 0.227 e. The van der Waals surface area contributed by atoms with E-state index in [-0.39, 0.29) is 35.7 Å². The zero-order valence-electron chi connectivity index (χ0n) is 10.5. The first-order valence-electron chi connectivity index (χ1n) is 5.85. The Bertz CT molecular complexity index is 435. The second kappa shape index (κ2) is 6.16. The Hall–Kier alpha value is -1.13. The lowest BCUT2D eigenvalue weighted by Gasteiger charge is -2.31. The van der Waals surface area contributed by atoms with E-state index in [9.17, 15) is 9.18 Å². The highest BCUT2D eigenvalue weighted by Crippen LogP contribution is 2.20. The number of anilines is 1. The first-order chi connectivity index (χ1) is 8.08. The maximum absolute atomic E-state index is 13.5. The fourth-order valence-corrected chi connectivity index (χ4v) is 1.85. The van der Waals surface area contributed by atoms with Gasteiger partial charge in [-0.3, -0.25) is 4.79 Å². The molecule has 1 aromatic carbocycles. The molecule has 1 aliphatic heterocycles. The SMILES string of the molecule is Cc1ccc(NC(=O)C(C)C2CNC2)c(F)c1.Cl. The molecule has 1 aromatic rings. The summed E-state index contributed by atoms with van der Waals surface area (Å²) in [5.41, 5.74) is 1.11. The highest BCUT2D eigenvalue weighted by Gasteiger charge is 2.28. The van der Waals surface area contributed by atoms with Gasteiger partial charge in [-0.15, -0.1) is 12.4 Å². The quantitative estimate of drug-likeness (QED) is 0.887. The van der Waals surface area contributed by atoms with Gasteiger partial charge in [0, 0.05) is 5.92 Å². The van der Waals surface area contributed by atoms with Gasteiger partial charge in [-0.05, 0) is 43.6 Å². The van der Waals surface area contributed by atoms with Gasteiger partial charge in [0.1, 0.15) is 5.82 Å². The number of nitrogens with one attached hydrogen (secondary N) is 2. The molecular weight excluding hydrogens is 255 g/mol. The molecule has 0 aromatic heterocycles. The van der Waals surface area contributed by atoms with E-state index in [1.54, 1.807) is 12.1 Å². The van der Waals surface area contributed by atoms with Crippen LogP contribution in [0.2, 0.25) is 0 Å². The fraction of sp³-hybridized carbons (Fsp3) is 0.462. The second-order valence-corrected chi connectivity index (χ2v) is 4.68. The largest absolute Gasteiger partial charge is 0.323 e. The average Bonchev–Trinajstić information content (AvgIpc) is 2.19. The van der Waals surface area contributed by atoms with E-state index in [0.717, 1.165) is 18.7 Å². The van der Waals surface area contributed by atoms with E-state index in [4.69, 9.17) is 0 Å². The van der Waals surface area contributed by atoms with Crippen molar-refractivity contribution in [3.63, 3.8) is 0 Å². The Morgan fingerprint density at radius 2 is 2.17 bits per heavy atom. The Morgan fingerprint density at radius 1 is 1.50 bits per heavy atom. The van der Waals surface area contributed by atoms with E-state index in [1.165, 1.54) is 6.07 Å². The molecule has 1 amide bonds. The van der Waals surface area contributed by atoms with Crippen molar-refractivity contribution in [1.29, 1.82) is 0 Å². The lowest BCUT2D eigenvalue weighted by atomic mass is 9.88. The summed E-state index contributed by atoms with van der Waals surface area (Å²) in [6, 6.07) is 4.81. The van der Waals surface area contributed by atoms with Gasteiger partial charge in [-0.2, -0.15) is 0 Å². The monoisotopic (exact) mass is 272 g/mol. The highest BCUT2D eigenvalue weighted by atomic mass is 35.5. The Morgan fingerprint density at radius 3 is 2.67 bits per heavy atom. The van der Waals surface area contributed by atoms with Gasteiger partial charge in [-0.1, -0.05) is 13.0 Å². The third-order valence-corrected chi connectivity index (χ3v) is 3.32. The van der Waals surface area contributed by atoms with Crippen LogP contribution < -0.4 is 10.6 Å². The van der Waals surface area contributed by atoms with Crippen LogP contribution in [0.4, 0.5) is 10.1 Å². The van der Waals surface area contributed by atoms with Crippen LogP contribution in [0, 0.1) is 24.6 Å². The molecule has 0 saturated carbocycles. The molecule has 0 bridgehead atoms. The molecule has 100 valence electrons. The van der Waals surface area contributed by atoms with Crippen molar-refractivity contribution in [3.05, 3.63) is 29.6 Å². The van der Waals surface area contributed by atoms with Crippen LogP contribution in [0.5, 0.6) is 0 Å². The van der Waals surface area contributed by atoms with Gasteiger partial charge in [-0.25, -0.2) is 4.39 Å². The topological polar surface area (TPSA) is 41.1 Å². The number of halogens is 2. The molecule has 0 aliphatic carbocycles. The van der Waals surface area contributed by atoms with Gasteiger partial charge in [0.15, 0.2) is 0 Å². The van der Waals surface area contributed by atoms with Crippen LogP contribution in [-0.4, -0.2) is 19.0 Å². The Balaban J connectivity index is 0.00000162. The molecule has 1 aliphatic rings. The van der Waals surface area contributed by atoms with E-state index in [0.29, 0.717) is 5.92 Å². The Labute approximate surface area is 113 Å². The Kier molecular flexibility index (Phi) is 5.11. The summed E-state index contributed by atoms with van der Waals surface area (Å²) in [5, 5.41) is 5.77. The van der Waals surface area contributed by atoms with Crippen LogP contribution >= 0.6 is 12.4 Å². The summed E-state index contributed by atoms with van der Waals surface area (Å²) < 4.78 is 13.5. The minimum absolute atomic E-state index is 0. The first-order valence-corrected chi connectivity index (χ1v) is 5.85. The molecule has 1 unspecified atom stereocenters. The third kappa shape index (κ3) is 3.21. The van der Waals surface area contributed by atoms with E-state index < -0.39 is 0 Å². The maximum atomic E-state index is 13.5. The van der Waals surface area contributed by atoms with Gasteiger partial charge >= 0.3 is 0 Å². The molecule has 2 rings (SSSR count). The van der Waals surface area contributed by atoms with Gasteiger partial charge in [0.25, 0.3) is 0 Å². The smallest absolute Gasteiger partial charge is 0.227 e. The summed E-state index contributed by atoms with van der Waals surface area (Å²) in [7, 11) is 0. The van der Waals surface area contributed by atoms with E-state index in [1.807, 2.05) is 13.8 Å². The van der Waals surface area contributed by atoms with E-state index >= 15 is 0 Å². The van der Waals surface area contributed by atoms with Crippen molar-refractivity contribution < 1.29 is 9.18 Å². The summed E-state index contributed by atoms with van der Waals surface area (Å²) in [5.74, 6) is -0.211. The molecule has 2 N–H and O–H groups in total. The number of aryl methyl sites for hydroxylation is 1. The lowest BCUT2D eigenvalue weighted by molar-refractivity contribution is -0.121. The normalized spacial score (nSPS) is 16.4. The molecule has 1 heterocycles. The number of rotatable bonds is 3. The summed E-state index contributed by atoms with van der Waals surface area (Å²) in [4.78, 5) is 11.9. The minimum atomic E-state index is -0.378. The lowest BCUT2D eigenvalue weighted by Crippen LogP contribution is -2.48. The molecule has 1 saturated heterocycles. The summed E-state index contributed by atoms with van der Waals surface area (Å²) in [6.45, 7) is 5.43. The molecule has 3 nitrogen and oxygen atoms in total. The molecule has 18 heavy (non-hydrogen) atoms. The number of carbonyl (C=O) groups is 1. The van der Waals surface area contributed by atoms with E-state index in [2.05, 4.69) is 10.6 Å². The standard InChI is InChI=1S/C13H17FN2O.ClH/c1-8-3-4-12(11(14)5-8)16-13(17)9(2)10-6-15-7-10;/h3-5,9-10,15H,6-7H2,1-2H3,(H,16,17);1H. The van der Waals surface area contributed by atoms with Crippen LogP contribution in [0.25, 0.3) is 0 Å². The van der Waals surface area contributed by atoms with Crippen molar-refractivity contribution in [2.45, 2.75) is 13.8 Å². The van der Waals surface area contributed by atoms with Crippen LogP contribution in [0.3, 0.4) is 0 Å². The number of benzene rings is 1. The van der Waals surface area contributed by atoms with Crippen molar-refractivity contribution >= 4 is 24.0 Å². The molecule has 5 heteroatoms. The minimum Gasteiger partial charge on any atom is -0.323 e. The first kappa shape index (κ1) is 14.9.